The van der Waals surface area contributed by atoms with Gasteiger partial charge in [0, 0.05) is 18.0 Å². The Balaban J connectivity index is 2.48. The van der Waals surface area contributed by atoms with Gasteiger partial charge in [0.25, 0.3) is 0 Å². The van der Waals surface area contributed by atoms with Crippen LogP contribution in [0.15, 0.2) is 24.3 Å². The van der Waals surface area contributed by atoms with Crippen LogP contribution in [0.1, 0.15) is 32.3 Å². The van der Waals surface area contributed by atoms with Crippen LogP contribution in [0.2, 0.25) is 0 Å². The van der Waals surface area contributed by atoms with Gasteiger partial charge in [-0.25, -0.2) is 0 Å². The third kappa shape index (κ3) is 2.45. The molecule has 0 heterocycles. The lowest BCUT2D eigenvalue weighted by molar-refractivity contribution is -0.143. The Labute approximate surface area is 127 Å². The molecule has 1 aliphatic carbocycles. The van der Waals surface area contributed by atoms with Crippen molar-refractivity contribution in [3.05, 3.63) is 29.8 Å². The van der Waals surface area contributed by atoms with E-state index in [9.17, 15) is 5.11 Å². The first-order chi connectivity index (χ1) is 9.92. The van der Waals surface area contributed by atoms with Crippen LogP contribution < -0.4 is 15.8 Å². The molecule has 4 atom stereocenters. The van der Waals surface area contributed by atoms with Crippen molar-refractivity contribution in [1.82, 2.24) is 5.32 Å². The predicted molar refractivity (Wildman–Crippen MR) is 85.3 cm³/mol. The Bertz CT molecular complexity index is 493. The number of nitrogens with one attached hydrogen (secondary N) is 1. The molecule has 4 heteroatoms. The Morgan fingerprint density at radius 1 is 1.48 bits per heavy atom. The van der Waals surface area contributed by atoms with E-state index in [1.807, 2.05) is 31.3 Å². The molecule has 0 radical (unpaired) electrons. The van der Waals surface area contributed by atoms with E-state index in [1.165, 1.54) is 0 Å². The van der Waals surface area contributed by atoms with Gasteiger partial charge in [-0.1, -0.05) is 26.0 Å². The summed E-state index contributed by atoms with van der Waals surface area (Å²) in [5.74, 6) is 1.04. The first-order valence-corrected chi connectivity index (χ1v) is 7.67. The minimum absolute atomic E-state index is 0.275. The highest BCUT2D eigenvalue weighted by atomic mass is 16.5. The summed E-state index contributed by atoms with van der Waals surface area (Å²) >= 11 is 0. The number of benzene rings is 1. The highest BCUT2D eigenvalue weighted by Gasteiger charge is 2.55. The Hall–Kier alpha value is -1.10. The molecule has 0 saturated heterocycles. The number of ether oxygens (including phenoxy) is 1. The van der Waals surface area contributed by atoms with Gasteiger partial charge < -0.3 is 20.9 Å². The molecule has 4 unspecified atom stereocenters. The molecule has 1 aromatic rings. The lowest BCUT2D eigenvalue weighted by atomic mass is 9.55. The third-order valence-electron chi connectivity index (χ3n) is 5.71. The number of hydrogen-bond acceptors (Lipinski definition) is 4. The Morgan fingerprint density at radius 2 is 2.19 bits per heavy atom. The van der Waals surface area contributed by atoms with Crippen LogP contribution in [-0.4, -0.2) is 31.9 Å². The zero-order chi connectivity index (χ0) is 15.7. The second-order valence-electron chi connectivity index (χ2n) is 6.44. The fourth-order valence-corrected chi connectivity index (χ4v) is 3.82. The maximum Gasteiger partial charge on any atom is 0.119 e. The van der Waals surface area contributed by atoms with Gasteiger partial charge in [-0.05, 0) is 43.5 Å². The first-order valence-electron chi connectivity index (χ1n) is 7.67. The Morgan fingerprint density at radius 3 is 2.76 bits per heavy atom. The molecule has 4 N–H and O–H groups in total. The average Bonchev–Trinajstić information content (AvgIpc) is 2.53. The molecule has 1 saturated carbocycles. The monoisotopic (exact) mass is 292 g/mol. The number of methoxy groups -OCH3 is 1. The molecule has 1 fully saturated rings. The summed E-state index contributed by atoms with van der Waals surface area (Å²) in [4.78, 5) is 0. The van der Waals surface area contributed by atoms with Gasteiger partial charge in [0.15, 0.2) is 0 Å². The van der Waals surface area contributed by atoms with Crippen molar-refractivity contribution in [3.63, 3.8) is 0 Å². The van der Waals surface area contributed by atoms with E-state index in [-0.39, 0.29) is 11.3 Å². The van der Waals surface area contributed by atoms with Crippen molar-refractivity contribution in [2.24, 2.45) is 17.1 Å². The van der Waals surface area contributed by atoms with Crippen molar-refractivity contribution < 1.29 is 9.84 Å². The number of nitrogens with two attached hydrogens (primary N) is 1. The van der Waals surface area contributed by atoms with Gasteiger partial charge in [-0.15, -0.1) is 0 Å². The van der Waals surface area contributed by atoms with Gasteiger partial charge in [-0.2, -0.15) is 0 Å². The molecule has 0 amide bonds. The van der Waals surface area contributed by atoms with Gasteiger partial charge >= 0.3 is 0 Å². The van der Waals surface area contributed by atoms with Crippen LogP contribution in [0.5, 0.6) is 5.75 Å². The summed E-state index contributed by atoms with van der Waals surface area (Å²) in [6.07, 6.45) is 1.63. The zero-order valence-corrected chi connectivity index (χ0v) is 13.5. The van der Waals surface area contributed by atoms with Crippen LogP contribution in [0.25, 0.3) is 0 Å². The van der Waals surface area contributed by atoms with E-state index in [1.54, 1.807) is 7.11 Å². The second-order valence-corrected chi connectivity index (χ2v) is 6.44. The zero-order valence-electron chi connectivity index (χ0n) is 13.5. The van der Waals surface area contributed by atoms with E-state index < -0.39 is 5.60 Å². The lowest BCUT2D eigenvalue weighted by Crippen LogP contribution is -2.60. The van der Waals surface area contributed by atoms with Gasteiger partial charge in [0.05, 0.1) is 12.7 Å². The molecular formula is C17H28N2O2. The molecule has 4 nitrogen and oxygen atoms in total. The van der Waals surface area contributed by atoms with Crippen molar-refractivity contribution in [2.45, 2.75) is 38.3 Å². The van der Waals surface area contributed by atoms with Crippen LogP contribution >= 0.6 is 0 Å². The largest absolute Gasteiger partial charge is 0.497 e. The molecule has 2 rings (SSSR count). The third-order valence-corrected chi connectivity index (χ3v) is 5.71. The van der Waals surface area contributed by atoms with Crippen LogP contribution in [0.3, 0.4) is 0 Å². The molecule has 0 spiro atoms. The molecule has 1 aliphatic rings. The van der Waals surface area contributed by atoms with Crippen molar-refractivity contribution in [1.29, 1.82) is 0 Å². The molecule has 118 valence electrons. The molecular weight excluding hydrogens is 264 g/mol. The summed E-state index contributed by atoms with van der Waals surface area (Å²) in [6.45, 7) is 4.72. The highest BCUT2D eigenvalue weighted by Crippen LogP contribution is 2.53. The van der Waals surface area contributed by atoms with E-state index in [0.29, 0.717) is 19.0 Å². The van der Waals surface area contributed by atoms with Gasteiger partial charge in [0.2, 0.25) is 0 Å². The fourth-order valence-electron chi connectivity index (χ4n) is 3.82. The van der Waals surface area contributed by atoms with E-state index >= 15 is 0 Å². The molecule has 1 aromatic carbocycles. The van der Waals surface area contributed by atoms with E-state index in [0.717, 1.165) is 17.7 Å². The van der Waals surface area contributed by atoms with Crippen LogP contribution in [-0.2, 0) is 5.60 Å². The predicted octanol–water partition coefficient (Wildman–Crippen LogP) is 1.87. The summed E-state index contributed by atoms with van der Waals surface area (Å²) in [5.41, 5.74) is 5.70. The number of aliphatic hydroxyl groups is 1. The van der Waals surface area contributed by atoms with E-state index in [2.05, 4.69) is 19.2 Å². The van der Waals surface area contributed by atoms with Gasteiger partial charge in [0.1, 0.15) is 5.75 Å². The van der Waals surface area contributed by atoms with Crippen molar-refractivity contribution in [3.8, 4) is 5.75 Å². The van der Waals surface area contributed by atoms with E-state index in [4.69, 9.17) is 10.5 Å². The second kappa shape index (κ2) is 5.95. The Kier molecular flexibility index (Phi) is 4.61. The van der Waals surface area contributed by atoms with Crippen molar-refractivity contribution >= 4 is 0 Å². The average molecular weight is 292 g/mol. The first kappa shape index (κ1) is 16.3. The summed E-state index contributed by atoms with van der Waals surface area (Å²) in [7, 11) is 3.62. The molecule has 0 bridgehead atoms. The molecule has 0 aliphatic heterocycles. The normalized spacial score (nSPS) is 36.5. The lowest BCUT2D eigenvalue weighted by Gasteiger charge is -2.55. The summed E-state index contributed by atoms with van der Waals surface area (Å²) < 4.78 is 5.31. The van der Waals surface area contributed by atoms with Crippen LogP contribution in [0.4, 0.5) is 0 Å². The maximum absolute atomic E-state index is 11.5. The minimum Gasteiger partial charge on any atom is -0.497 e. The quantitative estimate of drug-likeness (QED) is 0.792. The SMILES string of the molecule is CNC1CCC(O)(c2cccc(OC)c2)C(C)(CN)C1C. The molecule has 21 heavy (non-hydrogen) atoms. The number of hydrogen-bond donors (Lipinski definition) is 3. The topological polar surface area (TPSA) is 67.5 Å². The summed E-state index contributed by atoms with van der Waals surface area (Å²) in [6, 6.07) is 8.11. The minimum atomic E-state index is -0.928. The smallest absolute Gasteiger partial charge is 0.119 e. The van der Waals surface area contributed by atoms with Gasteiger partial charge in [-0.3, -0.25) is 0 Å². The summed E-state index contributed by atoms with van der Waals surface area (Å²) in [5, 5.41) is 14.9. The fraction of sp³-hybridized carbons (Fsp3) is 0.647. The maximum atomic E-state index is 11.5. The molecule has 0 aromatic heterocycles. The standard InChI is InChI=1S/C17H28N2O2/c1-12-15(19-3)8-9-17(20,16(12,2)11-18)13-6-5-7-14(10-13)21-4/h5-7,10,12,15,19-20H,8-9,11,18H2,1-4H3. The highest BCUT2D eigenvalue weighted by molar-refractivity contribution is 5.35. The van der Waals surface area contributed by atoms with Crippen LogP contribution in [0, 0.1) is 11.3 Å². The number of rotatable bonds is 4. The van der Waals surface area contributed by atoms with Crippen molar-refractivity contribution in [2.75, 3.05) is 20.7 Å².